The summed E-state index contributed by atoms with van der Waals surface area (Å²) < 4.78 is 46.6. The fraction of sp³-hybridized carbons (Fsp3) is 0.368. The van der Waals surface area contributed by atoms with Crippen LogP contribution in [-0.2, 0) is 6.54 Å². The van der Waals surface area contributed by atoms with Gasteiger partial charge in [-0.15, -0.1) is 13.2 Å². The van der Waals surface area contributed by atoms with Gasteiger partial charge in [-0.2, -0.15) is 0 Å². The van der Waals surface area contributed by atoms with Crippen molar-refractivity contribution in [2.24, 2.45) is 0 Å². The van der Waals surface area contributed by atoms with Gasteiger partial charge in [-0.3, -0.25) is 4.90 Å². The zero-order chi connectivity index (χ0) is 18.8. The molecule has 26 heavy (non-hydrogen) atoms. The Morgan fingerprint density at radius 2 is 1.85 bits per heavy atom. The number of rotatable bonds is 5. The Morgan fingerprint density at radius 1 is 1.12 bits per heavy atom. The molecule has 2 aromatic carbocycles. The third-order valence-electron chi connectivity index (χ3n) is 4.24. The fourth-order valence-corrected chi connectivity index (χ4v) is 3.29. The molecule has 1 aliphatic heterocycles. The van der Waals surface area contributed by atoms with Gasteiger partial charge in [-0.05, 0) is 42.8 Å². The van der Waals surface area contributed by atoms with Gasteiger partial charge in [-0.25, -0.2) is 0 Å². The molecule has 2 aromatic rings. The minimum atomic E-state index is -4.67. The topological polar surface area (TPSA) is 21.7 Å². The van der Waals surface area contributed by atoms with Gasteiger partial charge < -0.3 is 9.47 Å². The molecule has 1 fully saturated rings. The normalized spacial score (nSPS) is 21.0. The molecule has 0 spiro atoms. The summed E-state index contributed by atoms with van der Waals surface area (Å²) in [5.41, 5.74) is 0.593. The van der Waals surface area contributed by atoms with Gasteiger partial charge in [0.25, 0.3) is 0 Å². The van der Waals surface area contributed by atoms with Gasteiger partial charge >= 0.3 is 6.36 Å². The number of nitrogens with zero attached hydrogens (tertiary/aromatic N) is 1. The van der Waals surface area contributed by atoms with E-state index in [1.807, 2.05) is 19.1 Å². The predicted octanol–water partition coefficient (Wildman–Crippen LogP) is 5.28. The number of halogens is 4. The largest absolute Gasteiger partial charge is 0.573 e. The number of hydrogen-bond donors (Lipinski definition) is 0. The van der Waals surface area contributed by atoms with E-state index in [9.17, 15) is 13.2 Å². The molecular weight excluding hydrogens is 367 g/mol. The zero-order valence-corrected chi connectivity index (χ0v) is 15.0. The van der Waals surface area contributed by atoms with E-state index < -0.39 is 6.36 Å². The molecule has 1 saturated heterocycles. The van der Waals surface area contributed by atoms with E-state index >= 15 is 0 Å². The van der Waals surface area contributed by atoms with Crippen LogP contribution in [0, 0.1) is 0 Å². The first-order chi connectivity index (χ1) is 12.2. The van der Waals surface area contributed by atoms with Crippen molar-refractivity contribution in [1.29, 1.82) is 0 Å². The molecule has 0 aromatic heterocycles. The summed E-state index contributed by atoms with van der Waals surface area (Å²) in [5.74, 6) is 0.521. The second kappa shape index (κ2) is 7.37. The highest BCUT2D eigenvalue weighted by Crippen LogP contribution is 2.30. The highest BCUT2D eigenvalue weighted by molar-refractivity contribution is 6.30. The van der Waals surface area contributed by atoms with Crippen molar-refractivity contribution in [3.8, 4) is 11.5 Å². The molecule has 1 atom stereocenters. The van der Waals surface area contributed by atoms with E-state index in [1.165, 1.54) is 12.1 Å². The molecule has 3 nitrogen and oxygen atoms in total. The molecule has 0 bridgehead atoms. The third kappa shape index (κ3) is 5.29. The van der Waals surface area contributed by atoms with E-state index in [2.05, 4.69) is 9.64 Å². The van der Waals surface area contributed by atoms with Crippen LogP contribution in [0.15, 0.2) is 48.5 Å². The number of ether oxygens (including phenoxy) is 2. The van der Waals surface area contributed by atoms with Crippen LogP contribution in [0.4, 0.5) is 13.2 Å². The van der Waals surface area contributed by atoms with Crippen LogP contribution < -0.4 is 9.47 Å². The number of hydrogen-bond acceptors (Lipinski definition) is 3. The third-order valence-corrected chi connectivity index (χ3v) is 4.47. The van der Waals surface area contributed by atoms with Gasteiger partial charge in [0.15, 0.2) is 0 Å². The first-order valence-corrected chi connectivity index (χ1v) is 8.60. The maximum absolute atomic E-state index is 12.2. The van der Waals surface area contributed by atoms with Gasteiger partial charge in [0.2, 0.25) is 0 Å². The molecule has 1 unspecified atom stereocenters. The Morgan fingerprint density at radius 3 is 2.50 bits per heavy atom. The van der Waals surface area contributed by atoms with Crippen LogP contribution in [0.3, 0.4) is 0 Å². The quantitative estimate of drug-likeness (QED) is 0.698. The molecule has 0 aliphatic carbocycles. The predicted molar refractivity (Wildman–Crippen MR) is 93.5 cm³/mol. The molecule has 0 N–H and O–H groups in total. The zero-order valence-electron chi connectivity index (χ0n) is 14.2. The summed E-state index contributed by atoms with van der Waals surface area (Å²) in [5, 5.41) is 0.627. The molecule has 7 heteroatoms. The minimum absolute atomic E-state index is 0.211. The Balaban J connectivity index is 1.57. The summed E-state index contributed by atoms with van der Waals surface area (Å²) in [6.45, 7) is 4.26. The Hall–Kier alpha value is -1.92. The minimum Gasteiger partial charge on any atom is -0.486 e. The van der Waals surface area contributed by atoms with Crippen molar-refractivity contribution in [1.82, 2.24) is 4.90 Å². The lowest BCUT2D eigenvalue weighted by atomic mass is 10.1. The SMILES string of the molecule is CC1(Oc2cccc(Cl)c2)CCN(Cc2ccc(OC(F)(F)F)cc2)C1. The maximum atomic E-state index is 12.2. The summed E-state index contributed by atoms with van der Waals surface area (Å²) >= 11 is 5.99. The Labute approximate surface area is 155 Å². The van der Waals surface area contributed by atoms with Crippen LogP contribution in [-0.4, -0.2) is 30.0 Å². The highest BCUT2D eigenvalue weighted by Gasteiger charge is 2.36. The number of benzene rings is 2. The molecule has 0 saturated carbocycles. The van der Waals surface area contributed by atoms with Crippen LogP contribution >= 0.6 is 11.6 Å². The summed E-state index contributed by atoms with van der Waals surface area (Å²) in [6.07, 6.45) is -3.81. The Kier molecular flexibility index (Phi) is 5.34. The van der Waals surface area contributed by atoms with Crippen LogP contribution in [0.25, 0.3) is 0 Å². The van der Waals surface area contributed by atoms with Gasteiger partial charge in [-0.1, -0.05) is 29.8 Å². The first kappa shape index (κ1) is 18.9. The molecule has 0 radical (unpaired) electrons. The smallest absolute Gasteiger partial charge is 0.486 e. The molecular formula is C19H19ClF3NO2. The first-order valence-electron chi connectivity index (χ1n) is 8.22. The average Bonchev–Trinajstić information content (AvgIpc) is 2.88. The van der Waals surface area contributed by atoms with Crippen molar-refractivity contribution < 1.29 is 22.6 Å². The summed E-state index contributed by atoms with van der Waals surface area (Å²) in [4.78, 5) is 2.21. The van der Waals surface area contributed by atoms with Crippen molar-refractivity contribution in [2.45, 2.75) is 31.9 Å². The van der Waals surface area contributed by atoms with E-state index in [0.29, 0.717) is 11.6 Å². The van der Waals surface area contributed by atoms with Crippen molar-refractivity contribution in [2.75, 3.05) is 13.1 Å². The lowest BCUT2D eigenvalue weighted by Gasteiger charge is -2.26. The molecule has 1 heterocycles. The summed E-state index contributed by atoms with van der Waals surface area (Å²) in [7, 11) is 0. The molecule has 3 rings (SSSR count). The van der Waals surface area contributed by atoms with Crippen LogP contribution in [0.5, 0.6) is 11.5 Å². The van der Waals surface area contributed by atoms with Gasteiger partial charge in [0.05, 0.1) is 0 Å². The second-order valence-corrected chi connectivity index (χ2v) is 7.10. The van der Waals surface area contributed by atoms with E-state index in [-0.39, 0.29) is 11.4 Å². The molecule has 140 valence electrons. The monoisotopic (exact) mass is 385 g/mol. The highest BCUT2D eigenvalue weighted by atomic mass is 35.5. The second-order valence-electron chi connectivity index (χ2n) is 6.66. The molecule has 1 aliphatic rings. The fourth-order valence-electron chi connectivity index (χ4n) is 3.11. The van der Waals surface area contributed by atoms with Crippen LogP contribution in [0.2, 0.25) is 5.02 Å². The standard InChI is InChI=1S/C19H19ClF3NO2/c1-18(25-17-4-2-3-15(20)11-17)9-10-24(13-18)12-14-5-7-16(8-6-14)26-19(21,22)23/h2-8,11H,9-10,12-13H2,1H3. The van der Waals surface area contributed by atoms with Crippen molar-refractivity contribution in [3.05, 3.63) is 59.1 Å². The van der Waals surface area contributed by atoms with Gasteiger partial charge in [0, 0.05) is 31.1 Å². The lowest BCUT2D eigenvalue weighted by Crippen LogP contribution is -2.35. The van der Waals surface area contributed by atoms with E-state index in [1.54, 1.807) is 24.3 Å². The van der Waals surface area contributed by atoms with Crippen molar-refractivity contribution >= 4 is 11.6 Å². The number of likely N-dealkylation sites (tertiary alicyclic amines) is 1. The lowest BCUT2D eigenvalue weighted by molar-refractivity contribution is -0.274. The average molecular weight is 386 g/mol. The van der Waals surface area contributed by atoms with Crippen LogP contribution in [0.1, 0.15) is 18.9 Å². The summed E-state index contributed by atoms with van der Waals surface area (Å²) in [6, 6.07) is 13.3. The van der Waals surface area contributed by atoms with Crippen molar-refractivity contribution in [3.63, 3.8) is 0 Å². The number of alkyl halides is 3. The van der Waals surface area contributed by atoms with Gasteiger partial charge in [0.1, 0.15) is 17.1 Å². The Bertz CT molecular complexity index is 751. The van der Waals surface area contributed by atoms with E-state index in [0.717, 1.165) is 30.8 Å². The molecule has 0 amide bonds. The maximum Gasteiger partial charge on any atom is 0.573 e. The van der Waals surface area contributed by atoms with E-state index in [4.69, 9.17) is 16.3 Å².